The van der Waals surface area contributed by atoms with Crippen molar-refractivity contribution in [3.63, 3.8) is 0 Å². The first-order valence-corrected chi connectivity index (χ1v) is 8.05. The van der Waals surface area contributed by atoms with Crippen LogP contribution in [-0.4, -0.2) is 30.6 Å². The zero-order chi connectivity index (χ0) is 19.9. The largest absolute Gasteiger partial charge is 0.465 e. The molecule has 6 nitrogen and oxygen atoms in total. The maximum atomic E-state index is 12.7. The molecule has 0 saturated carbocycles. The molecule has 0 aliphatic rings. The topological polar surface area (TPSA) is 80.3 Å². The highest BCUT2D eigenvalue weighted by Gasteiger charge is 2.30. The van der Waals surface area contributed by atoms with E-state index in [-0.39, 0.29) is 17.9 Å². The Bertz CT molecular complexity index is 810. The van der Waals surface area contributed by atoms with Crippen LogP contribution in [0.25, 0.3) is 0 Å². The molecule has 0 saturated heterocycles. The molecule has 1 aromatic heterocycles. The highest BCUT2D eigenvalue weighted by molar-refractivity contribution is 5.92. The smallest absolute Gasteiger partial charge is 0.416 e. The number of ether oxygens (including phenoxy) is 1. The molecule has 0 bridgehead atoms. The van der Waals surface area contributed by atoms with Crippen molar-refractivity contribution in [2.75, 3.05) is 19.0 Å². The first-order chi connectivity index (χ1) is 12.8. The molecule has 2 amide bonds. The van der Waals surface area contributed by atoms with E-state index in [0.717, 1.165) is 12.1 Å². The lowest BCUT2D eigenvalue weighted by Gasteiger charge is -2.10. The average Bonchev–Trinajstić information content (AvgIpc) is 2.64. The van der Waals surface area contributed by atoms with Gasteiger partial charge in [0.1, 0.15) is 5.82 Å². The van der Waals surface area contributed by atoms with Gasteiger partial charge in [-0.3, -0.25) is 5.32 Å². The van der Waals surface area contributed by atoms with Gasteiger partial charge in [-0.2, -0.15) is 13.2 Å². The third kappa shape index (κ3) is 6.28. The number of aryl methyl sites for hydroxylation is 1. The number of esters is 1. The second-order valence-electron chi connectivity index (χ2n) is 5.60. The first kappa shape index (κ1) is 20.2. The van der Waals surface area contributed by atoms with Crippen LogP contribution < -0.4 is 10.6 Å². The Balaban J connectivity index is 1.79. The lowest BCUT2D eigenvalue weighted by Crippen LogP contribution is -2.30. The molecule has 1 aromatic carbocycles. The van der Waals surface area contributed by atoms with Gasteiger partial charge in [0.05, 0.1) is 18.2 Å². The molecule has 2 aromatic rings. The van der Waals surface area contributed by atoms with Crippen molar-refractivity contribution in [1.29, 1.82) is 0 Å². The van der Waals surface area contributed by atoms with E-state index in [4.69, 9.17) is 0 Å². The summed E-state index contributed by atoms with van der Waals surface area (Å²) in [6.07, 6.45) is -2.17. The molecule has 0 aliphatic heterocycles. The van der Waals surface area contributed by atoms with Gasteiger partial charge >= 0.3 is 18.2 Å². The molecule has 2 N–H and O–H groups in total. The van der Waals surface area contributed by atoms with Crippen LogP contribution in [0.2, 0.25) is 0 Å². The first-order valence-electron chi connectivity index (χ1n) is 8.05. The summed E-state index contributed by atoms with van der Waals surface area (Å²) in [5, 5.41) is 5.05. The predicted octanol–water partition coefficient (Wildman–Crippen LogP) is 3.64. The van der Waals surface area contributed by atoms with Gasteiger partial charge in [0.15, 0.2) is 0 Å². The van der Waals surface area contributed by atoms with Crippen LogP contribution >= 0.6 is 0 Å². The fourth-order valence-electron chi connectivity index (χ4n) is 2.30. The zero-order valence-electron chi connectivity index (χ0n) is 14.5. The van der Waals surface area contributed by atoms with Gasteiger partial charge in [0, 0.05) is 12.7 Å². The molecule has 144 valence electrons. The zero-order valence-corrected chi connectivity index (χ0v) is 14.5. The maximum absolute atomic E-state index is 12.7. The number of nitrogens with zero attached hydrogens (tertiary/aromatic N) is 1. The van der Waals surface area contributed by atoms with Crippen LogP contribution in [0.4, 0.5) is 23.8 Å². The van der Waals surface area contributed by atoms with Crippen LogP contribution in [0.15, 0.2) is 42.6 Å². The number of urea groups is 1. The van der Waals surface area contributed by atoms with Crippen molar-refractivity contribution in [3.8, 4) is 0 Å². The number of amides is 2. The Morgan fingerprint density at radius 2 is 1.96 bits per heavy atom. The van der Waals surface area contributed by atoms with Gasteiger partial charge in [-0.25, -0.2) is 14.6 Å². The molecule has 2 rings (SSSR count). The number of alkyl halides is 3. The number of benzene rings is 1. The standard InChI is InChI=1S/C18H18F3N3O3/c1-27-16(25)13-7-9-22-15(11-13)24-17(26)23-8-3-5-12-4-2-6-14(10-12)18(19,20)21/h2,4,6-7,9-11H,3,5,8H2,1H3,(H2,22,23,24,26). The lowest BCUT2D eigenvalue weighted by molar-refractivity contribution is -0.137. The number of hydrogen-bond acceptors (Lipinski definition) is 4. The van der Waals surface area contributed by atoms with E-state index in [1.54, 1.807) is 6.07 Å². The Kier molecular flexibility index (Phi) is 6.75. The second-order valence-corrected chi connectivity index (χ2v) is 5.60. The van der Waals surface area contributed by atoms with Gasteiger partial charge in [0.2, 0.25) is 0 Å². The molecular formula is C18H18F3N3O3. The van der Waals surface area contributed by atoms with Crippen molar-refractivity contribution in [2.24, 2.45) is 0 Å². The van der Waals surface area contributed by atoms with E-state index in [9.17, 15) is 22.8 Å². The summed E-state index contributed by atoms with van der Waals surface area (Å²) < 4.78 is 42.6. The Morgan fingerprint density at radius 1 is 1.19 bits per heavy atom. The minimum Gasteiger partial charge on any atom is -0.465 e. The summed E-state index contributed by atoms with van der Waals surface area (Å²) in [6, 6.07) is 7.37. The lowest BCUT2D eigenvalue weighted by atomic mass is 10.1. The Morgan fingerprint density at radius 3 is 2.67 bits per heavy atom. The van der Waals surface area contributed by atoms with Gasteiger partial charge in [0.25, 0.3) is 0 Å². The molecule has 0 radical (unpaired) electrons. The average molecular weight is 381 g/mol. The number of carbonyl (C=O) groups excluding carboxylic acids is 2. The number of aromatic nitrogens is 1. The molecule has 9 heteroatoms. The van der Waals surface area contributed by atoms with E-state index in [0.29, 0.717) is 18.4 Å². The minimum absolute atomic E-state index is 0.174. The van der Waals surface area contributed by atoms with Crippen molar-refractivity contribution < 1.29 is 27.5 Å². The van der Waals surface area contributed by atoms with Crippen molar-refractivity contribution in [3.05, 3.63) is 59.3 Å². The third-order valence-electron chi connectivity index (χ3n) is 3.60. The minimum atomic E-state index is -4.38. The molecule has 0 fully saturated rings. The van der Waals surface area contributed by atoms with Crippen LogP contribution in [0, 0.1) is 0 Å². The Hall–Kier alpha value is -3.10. The van der Waals surface area contributed by atoms with E-state index in [2.05, 4.69) is 20.4 Å². The number of nitrogens with one attached hydrogen (secondary N) is 2. The van der Waals surface area contributed by atoms with Crippen LogP contribution in [0.3, 0.4) is 0 Å². The third-order valence-corrected chi connectivity index (χ3v) is 3.60. The Labute approximate surface area is 153 Å². The fraction of sp³-hybridized carbons (Fsp3) is 0.278. The number of methoxy groups -OCH3 is 1. The van der Waals surface area contributed by atoms with Crippen LogP contribution in [-0.2, 0) is 17.3 Å². The molecular weight excluding hydrogens is 363 g/mol. The number of pyridine rings is 1. The molecule has 0 unspecified atom stereocenters. The quantitative estimate of drug-likeness (QED) is 0.591. The summed E-state index contributed by atoms with van der Waals surface area (Å²) in [5.74, 6) is -0.379. The van der Waals surface area contributed by atoms with Crippen molar-refractivity contribution in [2.45, 2.75) is 19.0 Å². The predicted molar refractivity (Wildman–Crippen MR) is 92.4 cm³/mol. The van der Waals surface area contributed by atoms with E-state index in [1.165, 1.54) is 31.5 Å². The maximum Gasteiger partial charge on any atom is 0.416 e. The molecule has 0 atom stereocenters. The molecule has 27 heavy (non-hydrogen) atoms. The normalized spacial score (nSPS) is 11.0. The summed E-state index contributed by atoms with van der Waals surface area (Å²) in [7, 11) is 1.24. The van der Waals surface area contributed by atoms with Gasteiger partial charge in [-0.15, -0.1) is 0 Å². The number of carbonyl (C=O) groups is 2. The van der Waals surface area contributed by atoms with Gasteiger partial charge < -0.3 is 10.1 Å². The molecule has 1 heterocycles. The van der Waals surface area contributed by atoms with Crippen molar-refractivity contribution in [1.82, 2.24) is 10.3 Å². The van der Waals surface area contributed by atoms with Crippen LogP contribution in [0.5, 0.6) is 0 Å². The molecule has 0 spiro atoms. The number of rotatable bonds is 6. The summed E-state index contributed by atoms with van der Waals surface area (Å²) >= 11 is 0. The number of halogens is 3. The van der Waals surface area contributed by atoms with E-state index in [1.807, 2.05) is 0 Å². The van der Waals surface area contributed by atoms with Crippen molar-refractivity contribution >= 4 is 17.8 Å². The van der Waals surface area contributed by atoms with E-state index >= 15 is 0 Å². The fourth-order valence-corrected chi connectivity index (χ4v) is 2.30. The molecule has 0 aliphatic carbocycles. The highest BCUT2D eigenvalue weighted by Crippen LogP contribution is 2.29. The van der Waals surface area contributed by atoms with Gasteiger partial charge in [-0.1, -0.05) is 18.2 Å². The SMILES string of the molecule is COC(=O)c1ccnc(NC(=O)NCCCc2cccc(C(F)(F)F)c2)c1. The monoisotopic (exact) mass is 381 g/mol. The summed E-state index contributed by atoms with van der Waals surface area (Å²) in [6.45, 7) is 0.263. The van der Waals surface area contributed by atoms with Crippen LogP contribution in [0.1, 0.15) is 27.9 Å². The van der Waals surface area contributed by atoms with Gasteiger partial charge in [-0.05, 0) is 36.6 Å². The summed E-state index contributed by atoms with van der Waals surface area (Å²) in [4.78, 5) is 27.2. The number of anilines is 1. The highest BCUT2D eigenvalue weighted by atomic mass is 19.4. The van der Waals surface area contributed by atoms with E-state index < -0.39 is 23.7 Å². The second kappa shape index (κ2) is 9.02. The number of hydrogen-bond donors (Lipinski definition) is 2. The summed E-state index contributed by atoms with van der Waals surface area (Å²) in [5.41, 5.74) is 0.0917.